The Kier molecular flexibility index (Phi) is 8.50. The highest BCUT2D eigenvalue weighted by Gasteiger charge is 2.29. The average Bonchev–Trinajstić information content (AvgIpc) is 3.42. The van der Waals surface area contributed by atoms with Crippen molar-refractivity contribution < 1.29 is 23.0 Å². The van der Waals surface area contributed by atoms with Gasteiger partial charge in [0, 0.05) is 44.0 Å². The molecule has 4 heterocycles. The van der Waals surface area contributed by atoms with Gasteiger partial charge in [-0.05, 0) is 61.9 Å². The fourth-order valence-electron chi connectivity index (χ4n) is 5.55. The standard InChI is InChI=1S/C30H33F2N7O3/c31-27(32)28-35-23-3-1-2-4-24(23)39(28)25-19-26(37-30(36-25)38-15-17-41-18-16-38)42-22-7-5-21(6-8-22)29(40)34-14-11-20-9-12-33-13-10-20/h1-4,9-10,12-13,19,21-22,27H,5-8,11,14-18H2,(H,34,40)/t21-,22-. The molecular weight excluding hydrogens is 544 g/mol. The summed E-state index contributed by atoms with van der Waals surface area (Å²) in [7, 11) is 0. The second kappa shape index (κ2) is 12.8. The number of imidazole rings is 1. The molecule has 1 amide bonds. The number of ether oxygens (including phenoxy) is 2. The lowest BCUT2D eigenvalue weighted by Crippen LogP contribution is -2.38. The van der Waals surface area contributed by atoms with Crippen LogP contribution in [0.3, 0.4) is 0 Å². The normalized spacial score (nSPS) is 19.3. The molecule has 2 fully saturated rings. The largest absolute Gasteiger partial charge is 0.474 e. The van der Waals surface area contributed by atoms with Crippen molar-refractivity contribution in [2.75, 3.05) is 37.7 Å². The van der Waals surface area contributed by atoms with Gasteiger partial charge < -0.3 is 19.7 Å². The highest BCUT2D eigenvalue weighted by Crippen LogP contribution is 2.32. The molecule has 1 aromatic carbocycles. The second-order valence-electron chi connectivity index (χ2n) is 10.5. The molecule has 6 rings (SSSR count). The van der Waals surface area contributed by atoms with Crippen molar-refractivity contribution in [2.24, 2.45) is 5.92 Å². The zero-order valence-corrected chi connectivity index (χ0v) is 23.2. The third-order valence-electron chi connectivity index (χ3n) is 7.78. The smallest absolute Gasteiger partial charge is 0.296 e. The summed E-state index contributed by atoms with van der Waals surface area (Å²) < 4.78 is 41.5. The van der Waals surface area contributed by atoms with E-state index >= 15 is 0 Å². The Hall–Kier alpha value is -4.19. The number of morpholine rings is 1. The Balaban J connectivity index is 1.17. The molecule has 1 saturated carbocycles. The third kappa shape index (κ3) is 6.33. The third-order valence-corrected chi connectivity index (χ3v) is 7.78. The molecule has 0 radical (unpaired) electrons. The summed E-state index contributed by atoms with van der Waals surface area (Å²) >= 11 is 0. The molecule has 4 aromatic rings. The highest BCUT2D eigenvalue weighted by atomic mass is 19.3. The predicted octanol–water partition coefficient (Wildman–Crippen LogP) is 4.28. The highest BCUT2D eigenvalue weighted by molar-refractivity contribution is 5.79. The number of halogens is 2. The van der Waals surface area contributed by atoms with Crippen LogP contribution in [0.5, 0.6) is 5.88 Å². The van der Waals surface area contributed by atoms with Gasteiger partial charge in [0.2, 0.25) is 17.7 Å². The van der Waals surface area contributed by atoms with Crippen LogP contribution in [0.2, 0.25) is 0 Å². The summed E-state index contributed by atoms with van der Waals surface area (Å²) in [5, 5.41) is 3.05. The number of fused-ring (bicyclic) bond motifs is 1. The van der Waals surface area contributed by atoms with Crippen molar-refractivity contribution in [1.29, 1.82) is 0 Å². The first-order chi connectivity index (χ1) is 20.5. The summed E-state index contributed by atoms with van der Waals surface area (Å²) in [4.78, 5) is 32.3. The number of nitrogens with one attached hydrogen (secondary N) is 1. The maximum absolute atomic E-state index is 14.1. The molecule has 0 unspecified atom stereocenters. The van der Waals surface area contributed by atoms with Crippen LogP contribution in [-0.4, -0.2) is 69.4 Å². The van der Waals surface area contributed by atoms with Crippen LogP contribution in [-0.2, 0) is 16.0 Å². The first-order valence-electron chi connectivity index (χ1n) is 14.4. The molecule has 10 nitrogen and oxygen atoms in total. The van der Waals surface area contributed by atoms with Crippen LogP contribution in [0.1, 0.15) is 43.5 Å². The van der Waals surface area contributed by atoms with E-state index in [0.29, 0.717) is 81.4 Å². The Bertz CT molecular complexity index is 1500. The van der Waals surface area contributed by atoms with Gasteiger partial charge in [0.15, 0.2) is 5.82 Å². The van der Waals surface area contributed by atoms with Gasteiger partial charge in [0.25, 0.3) is 6.43 Å². The van der Waals surface area contributed by atoms with Crippen molar-refractivity contribution in [2.45, 2.75) is 44.6 Å². The molecule has 1 aliphatic carbocycles. The Morgan fingerprint density at radius 2 is 1.79 bits per heavy atom. The second-order valence-corrected chi connectivity index (χ2v) is 10.5. The van der Waals surface area contributed by atoms with E-state index in [-0.39, 0.29) is 29.6 Å². The predicted molar refractivity (Wildman–Crippen MR) is 152 cm³/mol. The van der Waals surface area contributed by atoms with Crippen LogP contribution < -0.4 is 15.0 Å². The van der Waals surface area contributed by atoms with Crippen molar-refractivity contribution in [3.05, 3.63) is 66.2 Å². The van der Waals surface area contributed by atoms with E-state index < -0.39 is 6.43 Å². The number of anilines is 1. The van der Waals surface area contributed by atoms with E-state index in [1.165, 1.54) is 4.57 Å². The zero-order chi connectivity index (χ0) is 28.9. The number of para-hydroxylation sites is 2. The van der Waals surface area contributed by atoms with Gasteiger partial charge >= 0.3 is 0 Å². The first-order valence-corrected chi connectivity index (χ1v) is 14.4. The van der Waals surface area contributed by atoms with Crippen molar-refractivity contribution in [1.82, 2.24) is 29.8 Å². The molecule has 220 valence electrons. The Morgan fingerprint density at radius 1 is 1.02 bits per heavy atom. The van der Waals surface area contributed by atoms with Gasteiger partial charge in [-0.15, -0.1) is 0 Å². The van der Waals surface area contributed by atoms with Gasteiger partial charge in [0.1, 0.15) is 11.9 Å². The summed E-state index contributed by atoms with van der Waals surface area (Å²) in [6.07, 6.45) is 4.07. The molecule has 1 N–H and O–H groups in total. The summed E-state index contributed by atoms with van der Waals surface area (Å²) in [6, 6.07) is 12.5. The minimum atomic E-state index is -2.80. The number of nitrogens with zero attached hydrogens (tertiary/aromatic N) is 6. The minimum Gasteiger partial charge on any atom is -0.474 e. The van der Waals surface area contributed by atoms with E-state index in [4.69, 9.17) is 9.47 Å². The summed E-state index contributed by atoms with van der Waals surface area (Å²) in [5.74, 6) is 0.582. The van der Waals surface area contributed by atoms with Gasteiger partial charge in [-0.3, -0.25) is 14.3 Å². The van der Waals surface area contributed by atoms with Crippen LogP contribution >= 0.6 is 0 Å². The SMILES string of the molecule is O=C(NCCc1ccncc1)[C@H]1CC[C@H](Oc2cc(-n3c(C(F)F)nc4ccccc43)nc(N3CCOCC3)n2)CC1. The number of amides is 1. The number of aromatic nitrogens is 5. The lowest BCUT2D eigenvalue weighted by molar-refractivity contribution is -0.126. The molecule has 2 aliphatic rings. The molecule has 3 aromatic heterocycles. The van der Waals surface area contributed by atoms with E-state index in [2.05, 4.69) is 25.3 Å². The van der Waals surface area contributed by atoms with Gasteiger partial charge in [-0.25, -0.2) is 13.8 Å². The number of hydrogen-bond donors (Lipinski definition) is 1. The lowest BCUT2D eigenvalue weighted by atomic mass is 9.86. The van der Waals surface area contributed by atoms with Crippen LogP contribution in [0.4, 0.5) is 14.7 Å². The van der Waals surface area contributed by atoms with Crippen LogP contribution in [0, 0.1) is 5.92 Å². The molecule has 0 bridgehead atoms. The van der Waals surface area contributed by atoms with Gasteiger partial charge in [-0.1, -0.05) is 12.1 Å². The lowest BCUT2D eigenvalue weighted by Gasteiger charge is -2.29. The Labute approximate surface area is 242 Å². The number of rotatable bonds is 9. The van der Waals surface area contributed by atoms with Crippen molar-refractivity contribution in [3.8, 4) is 11.7 Å². The van der Waals surface area contributed by atoms with E-state index in [0.717, 1.165) is 12.0 Å². The number of pyridine rings is 1. The molecule has 12 heteroatoms. The van der Waals surface area contributed by atoms with E-state index in [9.17, 15) is 13.6 Å². The molecule has 1 aliphatic heterocycles. The molecular formula is C30H33F2N7O3. The van der Waals surface area contributed by atoms with E-state index in [1.54, 1.807) is 42.7 Å². The summed E-state index contributed by atoms with van der Waals surface area (Å²) in [6.45, 7) is 2.79. The fraction of sp³-hybridized carbons (Fsp3) is 0.433. The first kappa shape index (κ1) is 28.0. The van der Waals surface area contributed by atoms with Crippen molar-refractivity contribution >= 4 is 22.9 Å². The number of carbonyl (C=O) groups is 1. The minimum absolute atomic E-state index is 0.0629. The maximum atomic E-state index is 14.1. The number of benzene rings is 1. The van der Waals surface area contributed by atoms with E-state index in [1.807, 2.05) is 17.0 Å². The quantitative estimate of drug-likeness (QED) is 0.314. The van der Waals surface area contributed by atoms with Crippen molar-refractivity contribution in [3.63, 3.8) is 0 Å². The summed E-state index contributed by atoms with van der Waals surface area (Å²) in [5.41, 5.74) is 2.12. The number of alkyl halides is 2. The monoisotopic (exact) mass is 577 g/mol. The number of carbonyl (C=O) groups excluding carboxylic acids is 1. The van der Waals surface area contributed by atoms with Gasteiger partial charge in [0.05, 0.1) is 24.2 Å². The topological polar surface area (TPSA) is 107 Å². The van der Waals surface area contributed by atoms with Crippen LogP contribution in [0.15, 0.2) is 54.9 Å². The average molecular weight is 578 g/mol. The number of hydrogen-bond acceptors (Lipinski definition) is 8. The van der Waals surface area contributed by atoms with Crippen LogP contribution in [0.25, 0.3) is 16.9 Å². The fourth-order valence-corrected chi connectivity index (χ4v) is 5.55. The molecule has 1 saturated heterocycles. The molecule has 0 atom stereocenters. The zero-order valence-electron chi connectivity index (χ0n) is 23.2. The maximum Gasteiger partial charge on any atom is 0.296 e. The Morgan fingerprint density at radius 3 is 2.55 bits per heavy atom. The molecule has 0 spiro atoms. The molecule has 42 heavy (non-hydrogen) atoms. The van der Waals surface area contributed by atoms with Gasteiger partial charge in [-0.2, -0.15) is 9.97 Å².